The molecule has 5 N–H and O–H groups in total. The highest BCUT2D eigenvalue weighted by Gasteiger charge is 2.51. The lowest BCUT2D eigenvalue weighted by Crippen LogP contribution is -2.13. The van der Waals surface area contributed by atoms with Crippen LogP contribution < -0.4 is 0 Å². The zero-order valence-corrected chi connectivity index (χ0v) is 24.6. The van der Waals surface area contributed by atoms with E-state index >= 15 is 0 Å². The van der Waals surface area contributed by atoms with Gasteiger partial charge in [-0.2, -0.15) is 17.6 Å². The van der Waals surface area contributed by atoms with Crippen molar-refractivity contribution in [1.82, 2.24) is 0 Å². The highest BCUT2D eigenvalue weighted by atomic mass is 32.2. The molecule has 0 fully saturated rings. The predicted octanol–water partition coefficient (Wildman–Crippen LogP) is 5.75. The van der Waals surface area contributed by atoms with Crippen molar-refractivity contribution in [1.29, 1.82) is 0 Å². The molecule has 0 aliphatic carbocycles. The Morgan fingerprint density at radius 1 is 0.683 bits per heavy atom. The van der Waals surface area contributed by atoms with Crippen LogP contribution in [0.5, 0.6) is 5.75 Å². The topological polar surface area (TPSA) is 169 Å². The standard InChI is InChI=1S/2C9H11F2O3P.C7H8O3S/c2*1-2-7-3-5-8(6-4-7)9(10,11)15(12,13)14;1-11(9,10)7-4-2-3-6(8)5-7/h2*3-6H,2H2,1H3,(H2,12,13,14);2-5,8H,1H3. The molecule has 228 valence electrons. The van der Waals surface area contributed by atoms with Crippen molar-refractivity contribution in [3.05, 3.63) is 95.1 Å². The molecular formula is C25H30F4O9P2S. The Labute approximate surface area is 234 Å². The lowest BCUT2D eigenvalue weighted by molar-refractivity contribution is 0.0564. The van der Waals surface area contributed by atoms with Crippen LogP contribution in [0, 0.1) is 0 Å². The van der Waals surface area contributed by atoms with Crippen LogP contribution in [0.2, 0.25) is 0 Å². The molecule has 3 aromatic carbocycles. The molecule has 41 heavy (non-hydrogen) atoms. The summed E-state index contributed by atoms with van der Waals surface area (Å²) in [5, 5.41) is 8.91. The highest BCUT2D eigenvalue weighted by Crippen LogP contribution is 2.59. The molecule has 3 aromatic rings. The molecule has 9 nitrogen and oxygen atoms in total. The van der Waals surface area contributed by atoms with E-state index in [-0.39, 0.29) is 10.6 Å². The molecule has 3 rings (SSSR count). The van der Waals surface area contributed by atoms with Crippen molar-refractivity contribution >= 4 is 25.0 Å². The molecule has 0 atom stereocenters. The van der Waals surface area contributed by atoms with Gasteiger partial charge in [0, 0.05) is 17.4 Å². The third-order valence-corrected chi connectivity index (χ3v) is 8.49. The average molecular weight is 645 g/mol. The van der Waals surface area contributed by atoms with Gasteiger partial charge in [0.05, 0.1) is 4.90 Å². The number of rotatable bonds is 7. The third-order valence-electron chi connectivity index (χ3n) is 5.40. The van der Waals surface area contributed by atoms with Gasteiger partial charge >= 0.3 is 26.5 Å². The minimum Gasteiger partial charge on any atom is -0.508 e. The second-order valence-electron chi connectivity index (χ2n) is 8.54. The quantitative estimate of drug-likeness (QED) is 0.159. The summed E-state index contributed by atoms with van der Waals surface area (Å²) >= 11 is 0. The van der Waals surface area contributed by atoms with Gasteiger partial charge in [-0.15, -0.1) is 0 Å². The SMILES string of the molecule is CCc1ccc(C(F)(F)P(=O)(O)O)cc1.CCc1ccc(C(F)(F)P(=O)(O)O)cc1.CS(=O)(=O)c1cccc(O)c1. The van der Waals surface area contributed by atoms with Crippen molar-refractivity contribution in [3.63, 3.8) is 0 Å². The molecule has 0 radical (unpaired) electrons. The lowest BCUT2D eigenvalue weighted by Gasteiger charge is -2.17. The first kappa shape index (κ1) is 36.5. The molecule has 0 aliphatic heterocycles. The maximum atomic E-state index is 13.1. The third kappa shape index (κ3) is 10.3. The number of halogens is 4. The molecule has 16 heteroatoms. The summed E-state index contributed by atoms with van der Waals surface area (Å²) in [5.41, 5.74) is -7.87. The second kappa shape index (κ2) is 14.1. The summed E-state index contributed by atoms with van der Waals surface area (Å²) in [7, 11) is -14.1. The number of benzene rings is 3. The van der Waals surface area contributed by atoms with E-state index in [0.29, 0.717) is 12.8 Å². The summed E-state index contributed by atoms with van der Waals surface area (Å²) in [4.78, 5) is 34.1. The van der Waals surface area contributed by atoms with Crippen molar-refractivity contribution in [2.24, 2.45) is 0 Å². The summed E-state index contributed by atoms with van der Waals surface area (Å²) in [5.74, 6) is -0.0343. The fraction of sp³-hybridized carbons (Fsp3) is 0.280. The van der Waals surface area contributed by atoms with Crippen LogP contribution in [0.3, 0.4) is 0 Å². The zero-order valence-electron chi connectivity index (χ0n) is 22.0. The summed E-state index contributed by atoms with van der Waals surface area (Å²) in [6.45, 7) is 3.71. The molecule has 0 bridgehead atoms. The van der Waals surface area contributed by atoms with Crippen molar-refractivity contribution in [2.75, 3.05) is 6.26 Å². The maximum Gasteiger partial charge on any atom is 0.399 e. The van der Waals surface area contributed by atoms with Gasteiger partial charge in [0.15, 0.2) is 9.84 Å². The van der Waals surface area contributed by atoms with E-state index in [0.717, 1.165) is 41.6 Å². The number of hydrogen-bond donors (Lipinski definition) is 5. The molecule has 0 unspecified atom stereocenters. The number of alkyl halides is 4. The minimum absolute atomic E-state index is 0.0343. The average Bonchev–Trinajstić information content (AvgIpc) is 2.88. The summed E-state index contributed by atoms with van der Waals surface area (Å²) in [6.07, 6.45) is 2.46. The van der Waals surface area contributed by atoms with Crippen LogP contribution in [0.1, 0.15) is 36.1 Å². The van der Waals surface area contributed by atoms with Gasteiger partial charge in [0.2, 0.25) is 0 Å². The first-order valence-corrected chi connectivity index (χ1v) is 16.7. The molecule has 0 amide bonds. The Kier molecular flexibility index (Phi) is 12.5. The lowest BCUT2D eigenvalue weighted by atomic mass is 10.1. The van der Waals surface area contributed by atoms with Gasteiger partial charge in [-0.3, -0.25) is 9.13 Å². The van der Waals surface area contributed by atoms with Crippen molar-refractivity contribution in [2.45, 2.75) is 42.9 Å². The monoisotopic (exact) mass is 644 g/mol. The van der Waals surface area contributed by atoms with Crippen LogP contribution in [-0.2, 0) is 43.1 Å². The van der Waals surface area contributed by atoms with E-state index in [9.17, 15) is 35.1 Å². The normalized spacial score (nSPS) is 12.5. The van der Waals surface area contributed by atoms with Gasteiger partial charge in [-0.05, 0) is 42.2 Å². The summed E-state index contributed by atoms with van der Waals surface area (Å²) < 4.78 is 95.4. The number of aryl methyl sites for hydroxylation is 2. The van der Waals surface area contributed by atoms with E-state index in [4.69, 9.17) is 24.7 Å². The van der Waals surface area contributed by atoms with Crippen LogP contribution in [0.15, 0.2) is 77.7 Å². The number of hydrogen-bond acceptors (Lipinski definition) is 5. The van der Waals surface area contributed by atoms with E-state index in [1.165, 1.54) is 48.5 Å². The summed E-state index contributed by atoms with van der Waals surface area (Å²) in [6, 6.07) is 15.5. The van der Waals surface area contributed by atoms with Crippen LogP contribution >= 0.6 is 15.2 Å². The molecule has 0 aromatic heterocycles. The van der Waals surface area contributed by atoms with Gasteiger partial charge < -0.3 is 24.7 Å². The molecule has 0 saturated heterocycles. The van der Waals surface area contributed by atoms with E-state index in [2.05, 4.69) is 0 Å². The molecule has 0 heterocycles. The Morgan fingerprint density at radius 3 is 1.24 bits per heavy atom. The minimum atomic E-state index is -5.45. The Balaban J connectivity index is 0.000000312. The fourth-order valence-electron chi connectivity index (χ4n) is 2.93. The number of phenols is 1. The predicted molar refractivity (Wildman–Crippen MR) is 145 cm³/mol. The van der Waals surface area contributed by atoms with Gasteiger partial charge in [-0.1, -0.05) is 68.4 Å². The second-order valence-corrected chi connectivity index (χ2v) is 13.9. The van der Waals surface area contributed by atoms with Gasteiger partial charge in [-0.25, -0.2) is 8.42 Å². The van der Waals surface area contributed by atoms with E-state index in [1.54, 1.807) is 0 Å². The first-order valence-electron chi connectivity index (χ1n) is 11.6. The van der Waals surface area contributed by atoms with Crippen LogP contribution in [0.4, 0.5) is 17.6 Å². The van der Waals surface area contributed by atoms with Gasteiger partial charge in [0.25, 0.3) is 0 Å². The Morgan fingerprint density at radius 2 is 1.02 bits per heavy atom. The molecule has 0 spiro atoms. The molecular weight excluding hydrogens is 614 g/mol. The number of aromatic hydroxyl groups is 1. The Bertz CT molecular complexity index is 1410. The molecule has 0 saturated carbocycles. The highest BCUT2D eigenvalue weighted by molar-refractivity contribution is 7.90. The number of phenolic OH excluding ortho intramolecular Hbond substituents is 1. The number of sulfone groups is 1. The van der Waals surface area contributed by atoms with Crippen LogP contribution in [-0.4, -0.2) is 39.4 Å². The maximum absolute atomic E-state index is 13.1. The molecule has 0 aliphatic rings. The fourth-order valence-corrected chi connectivity index (χ4v) is 4.56. The smallest absolute Gasteiger partial charge is 0.399 e. The van der Waals surface area contributed by atoms with Gasteiger partial charge in [0.1, 0.15) is 5.75 Å². The zero-order chi connectivity index (χ0) is 31.9. The Hall–Kier alpha value is -2.57. The van der Waals surface area contributed by atoms with Crippen molar-refractivity contribution in [3.8, 4) is 5.75 Å². The van der Waals surface area contributed by atoms with Crippen molar-refractivity contribution < 1.29 is 59.8 Å². The van der Waals surface area contributed by atoms with Crippen LogP contribution in [0.25, 0.3) is 0 Å². The van der Waals surface area contributed by atoms with E-state index in [1.807, 2.05) is 13.8 Å². The largest absolute Gasteiger partial charge is 0.508 e. The first-order chi connectivity index (χ1) is 18.6. The van der Waals surface area contributed by atoms with E-state index < -0.39 is 47.5 Å².